The minimum Gasteiger partial charge on any atom is -0.508 e. The van der Waals surface area contributed by atoms with Crippen molar-refractivity contribution in [1.29, 1.82) is 0 Å². The highest BCUT2D eigenvalue weighted by Crippen LogP contribution is 2.24. The average molecular weight is 310 g/mol. The van der Waals surface area contributed by atoms with Gasteiger partial charge in [0.05, 0.1) is 6.10 Å². The van der Waals surface area contributed by atoms with Crippen LogP contribution in [0.3, 0.4) is 0 Å². The van der Waals surface area contributed by atoms with Gasteiger partial charge in [-0.15, -0.1) is 0 Å². The molecule has 0 radical (unpaired) electrons. The summed E-state index contributed by atoms with van der Waals surface area (Å²) >= 11 is 0. The van der Waals surface area contributed by atoms with Gasteiger partial charge in [0.25, 0.3) is 0 Å². The number of hydrogen-bond acceptors (Lipinski definition) is 5. The van der Waals surface area contributed by atoms with Gasteiger partial charge in [0, 0.05) is 12.6 Å². The predicted octanol–water partition coefficient (Wildman–Crippen LogP) is 1.98. The standard InChI is InChI=1S/C16H26N2O4/c1-10-9-11(19)5-6-12(10)14(20)13(17)7-8-18-15(21)22-16(2,3)4/h5-6,9,13-14,19-20H,7-8,17H2,1-4H3,(H,18,21). The molecule has 22 heavy (non-hydrogen) atoms. The van der Waals surface area contributed by atoms with Gasteiger partial charge in [-0.2, -0.15) is 0 Å². The number of nitrogens with two attached hydrogens (primary N) is 1. The van der Waals surface area contributed by atoms with Crippen molar-refractivity contribution in [3.8, 4) is 5.75 Å². The molecule has 0 aliphatic heterocycles. The van der Waals surface area contributed by atoms with Crippen molar-refractivity contribution in [2.45, 2.75) is 51.9 Å². The largest absolute Gasteiger partial charge is 0.508 e. The number of carbonyl (C=O) groups is 1. The van der Waals surface area contributed by atoms with E-state index in [1.165, 1.54) is 6.07 Å². The van der Waals surface area contributed by atoms with Crippen LogP contribution in [0.2, 0.25) is 0 Å². The molecule has 6 heteroatoms. The molecule has 1 aromatic carbocycles. The van der Waals surface area contributed by atoms with E-state index >= 15 is 0 Å². The van der Waals surface area contributed by atoms with Gasteiger partial charge in [-0.3, -0.25) is 0 Å². The number of aromatic hydroxyl groups is 1. The van der Waals surface area contributed by atoms with Crippen molar-refractivity contribution in [3.63, 3.8) is 0 Å². The van der Waals surface area contributed by atoms with Crippen molar-refractivity contribution in [1.82, 2.24) is 5.32 Å². The molecule has 1 aromatic rings. The lowest BCUT2D eigenvalue weighted by atomic mass is 9.96. The predicted molar refractivity (Wildman–Crippen MR) is 84.6 cm³/mol. The zero-order valence-electron chi connectivity index (χ0n) is 13.6. The van der Waals surface area contributed by atoms with Crippen LogP contribution in [0.1, 0.15) is 44.4 Å². The zero-order chi connectivity index (χ0) is 16.9. The number of benzene rings is 1. The first-order valence-corrected chi connectivity index (χ1v) is 7.30. The topological polar surface area (TPSA) is 105 Å². The molecule has 1 rings (SSSR count). The van der Waals surface area contributed by atoms with Gasteiger partial charge in [0.15, 0.2) is 0 Å². The van der Waals surface area contributed by atoms with Gasteiger partial charge in [-0.1, -0.05) is 6.07 Å². The number of carbonyl (C=O) groups excluding carboxylic acids is 1. The van der Waals surface area contributed by atoms with E-state index in [1.54, 1.807) is 39.8 Å². The Kier molecular flexibility index (Phi) is 6.20. The van der Waals surface area contributed by atoms with Crippen LogP contribution in [0.25, 0.3) is 0 Å². The summed E-state index contributed by atoms with van der Waals surface area (Å²) in [5, 5.41) is 22.2. The Hall–Kier alpha value is -1.79. The smallest absolute Gasteiger partial charge is 0.407 e. The molecule has 6 nitrogen and oxygen atoms in total. The van der Waals surface area contributed by atoms with E-state index in [9.17, 15) is 15.0 Å². The fourth-order valence-electron chi connectivity index (χ4n) is 2.04. The maximum Gasteiger partial charge on any atom is 0.407 e. The van der Waals surface area contributed by atoms with E-state index in [0.717, 1.165) is 5.56 Å². The Balaban J connectivity index is 2.48. The zero-order valence-corrected chi connectivity index (χ0v) is 13.6. The second-order valence-corrected chi connectivity index (χ2v) is 6.37. The number of rotatable bonds is 5. The summed E-state index contributed by atoms with van der Waals surface area (Å²) in [6.07, 6.45) is -0.961. The number of alkyl carbamates (subject to hydrolysis) is 1. The first-order valence-electron chi connectivity index (χ1n) is 7.30. The molecule has 5 N–H and O–H groups in total. The SMILES string of the molecule is Cc1cc(O)ccc1C(O)C(N)CCNC(=O)OC(C)(C)C. The molecule has 0 bridgehead atoms. The van der Waals surface area contributed by atoms with Gasteiger partial charge in [0.2, 0.25) is 0 Å². The average Bonchev–Trinajstić information content (AvgIpc) is 2.35. The van der Waals surface area contributed by atoms with Gasteiger partial charge in [0.1, 0.15) is 11.4 Å². The van der Waals surface area contributed by atoms with Crippen LogP contribution in [0, 0.1) is 6.92 Å². The molecule has 2 unspecified atom stereocenters. The summed E-state index contributed by atoms with van der Waals surface area (Å²) in [5.41, 5.74) is 6.85. The Morgan fingerprint density at radius 3 is 2.59 bits per heavy atom. The number of aryl methyl sites for hydroxylation is 1. The number of hydrogen-bond donors (Lipinski definition) is 4. The van der Waals surface area contributed by atoms with Crippen molar-refractivity contribution in [2.24, 2.45) is 5.73 Å². The molecular formula is C16H26N2O4. The summed E-state index contributed by atoms with van der Waals surface area (Å²) in [5.74, 6) is 0.147. The third kappa shape index (κ3) is 5.91. The van der Waals surface area contributed by atoms with Crippen molar-refractivity contribution in [2.75, 3.05) is 6.54 Å². The second-order valence-electron chi connectivity index (χ2n) is 6.37. The van der Waals surface area contributed by atoms with Crippen molar-refractivity contribution < 1.29 is 19.7 Å². The van der Waals surface area contributed by atoms with Gasteiger partial charge >= 0.3 is 6.09 Å². The monoisotopic (exact) mass is 310 g/mol. The Morgan fingerprint density at radius 2 is 2.05 bits per heavy atom. The summed E-state index contributed by atoms with van der Waals surface area (Å²) in [4.78, 5) is 11.5. The van der Waals surface area contributed by atoms with Crippen LogP contribution in [0.15, 0.2) is 18.2 Å². The molecule has 0 aliphatic rings. The maximum absolute atomic E-state index is 11.5. The molecule has 124 valence electrons. The van der Waals surface area contributed by atoms with Crippen LogP contribution >= 0.6 is 0 Å². The quantitative estimate of drug-likeness (QED) is 0.665. The number of phenols is 1. The molecule has 0 fully saturated rings. The van der Waals surface area contributed by atoms with Crippen LogP contribution < -0.4 is 11.1 Å². The molecule has 1 amide bonds. The van der Waals surface area contributed by atoms with Crippen LogP contribution in [0.4, 0.5) is 4.79 Å². The third-order valence-electron chi connectivity index (χ3n) is 3.12. The summed E-state index contributed by atoms with van der Waals surface area (Å²) in [7, 11) is 0. The minimum absolute atomic E-state index is 0.147. The van der Waals surface area contributed by atoms with E-state index in [0.29, 0.717) is 18.5 Å². The van der Waals surface area contributed by atoms with E-state index in [2.05, 4.69) is 5.32 Å². The molecular weight excluding hydrogens is 284 g/mol. The maximum atomic E-state index is 11.5. The van der Waals surface area contributed by atoms with Crippen LogP contribution in [0.5, 0.6) is 5.75 Å². The van der Waals surface area contributed by atoms with Gasteiger partial charge in [-0.05, 0) is 57.4 Å². The highest BCUT2D eigenvalue weighted by atomic mass is 16.6. The molecule has 0 spiro atoms. The molecule has 0 saturated heterocycles. The minimum atomic E-state index is -0.860. The fourth-order valence-corrected chi connectivity index (χ4v) is 2.04. The van der Waals surface area contributed by atoms with E-state index < -0.39 is 23.8 Å². The third-order valence-corrected chi connectivity index (χ3v) is 3.12. The molecule has 2 atom stereocenters. The summed E-state index contributed by atoms with van der Waals surface area (Å²) < 4.78 is 5.12. The normalized spacial score (nSPS) is 14.3. The van der Waals surface area contributed by atoms with Crippen molar-refractivity contribution in [3.05, 3.63) is 29.3 Å². The van der Waals surface area contributed by atoms with Gasteiger partial charge in [-0.25, -0.2) is 4.79 Å². The fraction of sp³-hybridized carbons (Fsp3) is 0.562. The molecule has 0 heterocycles. The number of phenolic OH excluding ortho intramolecular Hbond substituents is 1. The Bertz CT molecular complexity index is 511. The number of aliphatic hydroxyl groups excluding tert-OH is 1. The van der Waals surface area contributed by atoms with E-state index in [-0.39, 0.29) is 5.75 Å². The number of aliphatic hydroxyl groups is 1. The second kappa shape index (κ2) is 7.47. The lowest BCUT2D eigenvalue weighted by molar-refractivity contribution is 0.0521. The van der Waals surface area contributed by atoms with Crippen molar-refractivity contribution >= 4 is 6.09 Å². The summed E-state index contributed by atoms with van der Waals surface area (Å²) in [6, 6.07) is 4.20. The lowest BCUT2D eigenvalue weighted by Gasteiger charge is -2.22. The van der Waals surface area contributed by atoms with Crippen LogP contribution in [-0.2, 0) is 4.74 Å². The van der Waals surface area contributed by atoms with Crippen LogP contribution in [-0.4, -0.2) is 34.5 Å². The number of amides is 1. The Morgan fingerprint density at radius 1 is 1.41 bits per heavy atom. The highest BCUT2D eigenvalue weighted by molar-refractivity contribution is 5.67. The first-order chi connectivity index (χ1) is 10.1. The lowest BCUT2D eigenvalue weighted by Crippen LogP contribution is -2.37. The molecule has 0 saturated carbocycles. The van der Waals surface area contributed by atoms with Gasteiger partial charge < -0.3 is 26.0 Å². The highest BCUT2D eigenvalue weighted by Gasteiger charge is 2.20. The number of nitrogens with one attached hydrogen (secondary N) is 1. The van der Waals surface area contributed by atoms with E-state index in [1.807, 2.05) is 0 Å². The number of ether oxygens (including phenoxy) is 1. The molecule has 0 aromatic heterocycles. The Labute approximate surface area is 131 Å². The molecule has 0 aliphatic carbocycles. The summed E-state index contributed by atoms with van der Waals surface area (Å²) in [6.45, 7) is 7.47. The van der Waals surface area contributed by atoms with E-state index in [4.69, 9.17) is 10.5 Å². The first kappa shape index (κ1) is 18.3.